The van der Waals surface area contributed by atoms with Crippen molar-refractivity contribution < 1.29 is 24.5 Å². The quantitative estimate of drug-likeness (QED) is 0.380. The van der Waals surface area contributed by atoms with Gasteiger partial charge in [0, 0.05) is 0 Å². The average molecular weight is 166 g/mol. The Kier molecular flexibility index (Phi) is 4.11. The Morgan fingerprint density at radius 3 is 2.10 bits per heavy atom. The van der Waals surface area contributed by atoms with Crippen LogP contribution >= 0.6 is 8.38 Å². The van der Waals surface area contributed by atoms with Gasteiger partial charge in [-0.25, -0.2) is 0 Å². The monoisotopic (exact) mass is 166 g/mol. The predicted molar refractivity (Wildman–Crippen MR) is 33.5 cm³/mol. The van der Waals surface area contributed by atoms with E-state index in [9.17, 15) is 9.59 Å². The van der Waals surface area contributed by atoms with Gasteiger partial charge < -0.3 is 14.9 Å². The molecule has 0 heterocycles. The lowest BCUT2D eigenvalue weighted by molar-refractivity contribution is -0.139. The van der Waals surface area contributed by atoms with Crippen molar-refractivity contribution in [1.29, 1.82) is 0 Å². The summed E-state index contributed by atoms with van der Waals surface area (Å²) < 4.78 is 0. The molecule has 0 aliphatic rings. The molecule has 0 aromatic carbocycles. The molecular weight excluding hydrogens is 159 g/mol. The molecule has 0 aromatic rings. The lowest BCUT2D eigenvalue weighted by atomic mass is 10.3. The summed E-state index contributed by atoms with van der Waals surface area (Å²) >= 11 is 0. The molecule has 0 radical (unpaired) electrons. The molecule has 0 atom stereocenters. The van der Waals surface area contributed by atoms with Crippen LogP contribution in [-0.2, 0) is 9.59 Å². The van der Waals surface area contributed by atoms with Gasteiger partial charge >= 0.3 is 5.97 Å². The maximum Gasteiger partial charge on any atom is 0.310 e. The van der Waals surface area contributed by atoms with Gasteiger partial charge in [-0.15, -0.1) is 0 Å². The molecule has 0 fully saturated rings. The summed E-state index contributed by atoms with van der Waals surface area (Å²) in [5.74, 6) is -1.91. The van der Waals surface area contributed by atoms with E-state index in [0.29, 0.717) is 0 Å². The minimum atomic E-state index is -2.28. The smallest absolute Gasteiger partial charge is 0.310 e. The Balaban J connectivity index is 3.54. The van der Waals surface area contributed by atoms with Crippen LogP contribution in [0.5, 0.6) is 0 Å². The van der Waals surface area contributed by atoms with Crippen molar-refractivity contribution in [3.8, 4) is 0 Å². The Bertz CT molecular complexity index is 143. The molecule has 0 saturated heterocycles. The highest BCUT2D eigenvalue weighted by Gasteiger charge is 2.11. The second-order valence-corrected chi connectivity index (χ2v) is 2.70. The summed E-state index contributed by atoms with van der Waals surface area (Å²) in [4.78, 5) is 36.7. The number of Topliss-reactive ketones (excluding diaryl/α,β-unsaturated/α-hetero) is 1. The van der Waals surface area contributed by atoms with Crippen molar-refractivity contribution in [2.75, 3.05) is 6.16 Å². The van der Waals surface area contributed by atoms with Crippen molar-refractivity contribution in [2.24, 2.45) is 0 Å². The highest BCUT2D eigenvalue weighted by atomic mass is 31.2. The fraction of sp³-hybridized carbons (Fsp3) is 0.500. The minimum absolute atomic E-state index is 0.457. The Labute approximate surface area is 58.2 Å². The first-order valence-corrected chi connectivity index (χ1v) is 3.84. The van der Waals surface area contributed by atoms with E-state index < -0.39 is 32.7 Å². The summed E-state index contributed by atoms with van der Waals surface area (Å²) in [5, 5.41) is 8.02. The fourth-order valence-electron chi connectivity index (χ4n) is 0.382. The van der Waals surface area contributed by atoms with Crippen LogP contribution in [0.2, 0.25) is 0 Å². The van der Waals surface area contributed by atoms with Crippen molar-refractivity contribution in [3.63, 3.8) is 0 Å². The van der Waals surface area contributed by atoms with E-state index in [2.05, 4.69) is 0 Å². The number of hydrogen-bond acceptors (Lipinski definition) is 4. The van der Waals surface area contributed by atoms with Crippen LogP contribution in [0.15, 0.2) is 0 Å². The molecule has 0 amide bonds. The van der Waals surface area contributed by atoms with Crippen LogP contribution in [0.3, 0.4) is 0 Å². The third kappa shape index (κ3) is 5.62. The maximum absolute atomic E-state index is 10.4. The van der Waals surface area contributed by atoms with Crippen LogP contribution in [-0.4, -0.2) is 32.8 Å². The molecule has 0 unspecified atom stereocenters. The van der Waals surface area contributed by atoms with E-state index in [-0.39, 0.29) is 0 Å². The standard InChI is InChI=1S/C4H7O5P/c5-3(1-4(6)7)2-10(8)9/h8-9H,1-2H2,(H,6,7). The number of hydrogen-bond donors (Lipinski definition) is 3. The molecule has 0 spiro atoms. The Morgan fingerprint density at radius 2 is 1.80 bits per heavy atom. The van der Waals surface area contributed by atoms with E-state index in [1.807, 2.05) is 0 Å². The maximum atomic E-state index is 10.4. The third-order valence-electron chi connectivity index (χ3n) is 0.666. The summed E-state index contributed by atoms with van der Waals surface area (Å²) in [6, 6.07) is 0. The van der Waals surface area contributed by atoms with Crippen molar-refractivity contribution >= 4 is 20.1 Å². The van der Waals surface area contributed by atoms with Gasteiger partial charge in [-0.1, -0.05) is 0 Å². The first kappa shape index (κ1) is 9.49. The molecule has 0 saturated carbocycles. The van der Waals surface area contributed by atoms with Crippen molar-refractivity contribution in [3.05, 3.63) is 0 Å². The zero-order valence-electron chi connectivity index (χ0n) is 5.02. The third-order valence-corrected chi connectivity index (χ3v) is 1.30. The van der Waals surface area contributed by atoms with Crippen LogP contribution in [0.4, 0.5) is 0 Å². The topological polar surface area (TPSA) is 94.8 Å². The van der Waals surface area contributed by atoms with Gasteiger partial charge in [-0.05, 0) is 0 Å². The van der Waals surface area contributed by atoms with Crippen molar-refractivity contribution in [2.45, 2.75) is 6.42 Å². The van der Waals surface area contributed by atoms with Crippen molar-refractivity contribution in [1.82, 2.24) is 0 Å². The highest BCUT2D eigenvalue weighted by Crippen LogP contribution is 2.22. The zero-order valence-corrected chi connectivity index (χ0v) is 5.91. The molecule has 0 aliphatic heterocycles. The fourth-order valence-corrected chi connectivity index (χ4v) is 0.810. The van der Waals surface area contributed by atoms with Crippen LogP contribution in [0.1, 0.15) is 6.42 Å². The van der Waals surface area contributed by atoms with Gasteiger partial charge in [0.05, 0.1) is 6.16 Å². The van der Waals surface area contributed by atoms with E-state index in [1.54, 1.807) is 0 Å². The van der Waals surface area contributed by atoms with Gasteiger partial charge in [0.25, 0.3) is 0 Å². The van der Waals surface area contributed by atoms with Gasteiger partial charge in [0.15, 0.2) is 14.2 Å². The molecule has 0 aliphatic carbocycles. The second kappa shape index (κ2) is 4.33. The Morgan fingerprint density at radius 1 is 1.30 bits per heavy atom. The van der Waals surface area contributed by atoms with Gasteiger partial charge in [-0.2, -0.15) is 0 Å². The first-order valence-electron chi connectivity index (χ1n) is 2.41. The number of carboxylic acids is 1. The lowest BCUT2D eigenvalue weighted by Crippen LogP contribution is -2.09. The average Bonchev–Trinajstić information content (AvgIpc) is 1.58. The SMILES string of the molecule is O=C(O)CC(=O)CP(O)O. The van der Waals surface area contributed by atoms with E-state index in [0.717, 1.165) is 0 Å². The Hall–Kier alpha value is -0.510. The number of carbonyl (C=O) groups is 2. The minimum Gasteiger partial charge on any atom is -0.481 e. The van der Waals surface area contributed by atoms with Crippen LogP contribution in [0.25, 0.3) is 0 Å². The molecule has 58 valence electrons. The molecular formula is C4H7O5P. The largest absolute Gasteiger partial charge is 0.481 e. The molecule has 10 heavy (non-hydrogen) atoms. The summed E-state index contributed by atoms with van der Waals surface area (Å²) in [5.41, 5.74) is 0. The number of carbonyl (C=O) groups excluding carboxylic acids is 1. The van der Waals surface area contributed by atoms with E-state index >= 15 is 0 Å². The van der Waals surface area contributed by atoms with Gasteiger partial charge in [0.2, 0.25) is 0 Å². The predicted octanol–water partition coefficient (Wildman–Crippen LogP) is -0.673. The molecule has 0 bridgehead atoms. The first-order chi connectivity index (χ1) is 4.52. The number of carboxylic acid groups (broad SMARTS) is 1. The molecule has 3 N–H and O–H groups in total. The number of aliphatic carboxylic acids is 1. The highest BCUT2D eigenvalue weighted by molar-refractivity contribution is 7.46. The zero-order chi connectivity index (χ0) is 8.15. The van der Waals surface area contributed by atoms with Crippen LogP contribution < -0.4 is 0 Å². The summed E-state index contributed by atoms with van der Waals surface area (Å²) in [7, 11) is -2.28. The molecule has 0 aromatic heterocycles. The lowest BCUT2D eigenvalue weighted by Gasteiger charge is -1.97. The summed E-state index contributed by atoms with van der Waals surface area (Å²) in [6.07, 6.45) is -1.10. The number of rotatable bonds is 4. The van der Waals surface area contributed by atoms with Gasteiger partial charge in [-0.3, -0.25) is 9.59 Å². The second-order valence-electron chi connectivity index (χ2n) is 1.64. The van der Waals surface area contributed by atoms with E-state index in [4.69, 9.17) is 14.9 Å². The van der Waals surface area contributed by atoms with Crippen LogP contribution in [0, 0.1) is 0 Å². The molecule has 0 rings (SSSR count). The molecule has 6 heteroatoms. The molecule has 5 nitrogen and oxygen atoms in total. The normalized spacial score (nSPS) is 9.90. The summed E-state index contributed by atoms with van der Waals surface area (Å²) in [6.45, 7) is 0. The van der Waals surface area contributed by atoms with E-state index in [1.165, 1.54) is 0 Å². The number of ketones is 1. The van der Waals surface area contributed by atoms with Gasteiger partial charge in [0.1, 0.15) is 6.42 Å².